The third-order valence-corrected chi connectivity index (χ3v) is 7.03. The molecule has 0 aromatic heterocycles. The van der Waals surface area contributed by atoms with Gasteiger partial charge in [-0.3, -0.25) is 4.79 Å². The largest absolute Gasteiger partial charge is 0.309 e. The first-order valence-electron chi connectivity index (χ1n) is 11.9. The molecule has 2 unspecified atom stereocenters. The fourth-order valence-corrected chi connectivity index (χ4v) is 5.25. The molecule has 1 heterocycles. The summed E-state index contributed by atoms with van der Waals surface area (Å²) in [7, 11) is 4.30. The zero-order valence-electron chi connectivity index (χ0n) is 18.6. The number of hydrogen-bond donors (Lipinski definition) is 0. The van der Waals surface area contributed by atoms with Crippen molar-refractivity contribution in [2.45, 2.75) is 96.8 Å². The minimum Gasteiger partial charge on any atom is -0.309 e. The quantitative estimate of drug-likeness (QED) is 0.394. The van der Waals surface area contributed by atoms with Gasteiger partial charge in [0.1, 0.15) is 5.78 Å². The minimum absolute atomic E-state index is 0.338. The van der Waals surface area contributed by atoms with E-state index >= 15 is 0 Å². The van der Waals surface area contributed by atoms with E-state index in [0.717, 1.165) is 12.8 Å². The lowest BCUT2D eigenvalue weighted by atomic mass is 9.68. The van der Waals surface area contributed by atoms with Gasteiger partial charge in [0.15, 0.2) is 0 Å². The van der Waals surface area contributed by atoms with Crippen LogP contribution in [0.15, 0.2) is 0 Å². The molecule has 0 aromatic rings. The highest BCUT2D eigenvalue weighted by Gasteiger charge is 2.43. The molecule has 3 heteroatoms. The van der Waals surface area contributed by atoms with Gasteiger partial charge in [-0.2, -0.15) is 0 Å². The maximum absolute atomic E-state index is 12.8. The second-order valence-electron chi connectivity index (χ2n) is 9.83. The maximum Gasteiger partial charge on any atom is 0.136 e. The van der Waals surface area contributed by atoms with Crippen LogP contribution < -0.4 is 0 Å². The number of carbonyl (C=O) groups is 1. The molecule has 1 saturated carbocycles. The zero-order valence-corrected chi connectivity index (χ0v) is 18.6. The standard InChI is InChI=1S/C24H46N2O/c1-4-5-6-7-8-9-10-11-13-22-14-15-24(20-23(22)27)16-19-26(21-24)18-12-17-25(2)3/h22H,4-21H2,1-3H3. The predicted molar refractivity (Wildman–Crippen MR) is 116 cm³/mol. The van der Waals surface area contributed by atoms with Gasteiger partial charge in [-0.15, -0.1) is 0 Å². The third kappa shape index (κ3) is 8.23. The highest BCUT2D eigenvalue weighted by molar-refractivity contribution is 5.82. The molecule has 1 aliphatic carbocycles. The lowest BCUT2D eigenvalue weighted by Gasteiger charge is -2.36. The summed E-state index contributed by atoms with van der Waals surface area (Å²) in [6, 6.07) is 0. The summed E-state index contributed by atoms with van der Waals surface area (Å²) in [5, 5.41) is 0. The van der Waals surface area contributed by atoms with Crippen molar-refractivity contribution in [3.05, 3.63) is 0 Å². The van der Waals surface area contributed by atoms with Gasteiger partial charge in [-0.25, -0.2) is 0 Å². The Kier molecular flexibility index (Phi) is 10.3. The van der Waals surface area contributed by atoms with Crippen LogP contribution in [0.25, 0.3) is 0 Å². The fraction of sp³-hybridized carbons (Fsp3) is 0.958. The molecular formula is C24H46N2O. The number of likely N-dealkylation sites (tertiary alicyclic amines) is 1. The molecule has 0 N–H and O–H groups in total. The van der Waals surface area contributed by atoms with E-state index in [1.807, 2.05) is 0 Å². The lowest BCUT2D eigenvalue weighted by Crippen LogP contribution is -2.37. The summed E-state index contributed by atoms with van der Waals surface area (Å²) in [6.07, 6.45) is 17.9. The molecule has 3 nitrogen and oxygen atoms in total. The van der Waals surface area contributed by atoms with Gasteiger partial charge in [0.05, 0.1) is 0 Å². The van der Waals surface area contributed by atoms with E-state index in [2.05, 4.69) is 30.8 Å². The topological polar surface area (TPSA) is 23.6 Å². The molecule has 2 atom stereocenters. The normalized spacial score (nSPS) is 26.5. The lowest BCUT2D eigenvalue weighted by molar-refractivity contribution is -0.128. The first-order chi connectivity index (χ1) is 13.0. The van der Waals surface area contributed by atoms with Crippen LogP contribution in [0.2, 0.25) is 0 Å². The van der Waals surface area contributed by atoms with Crippen LogP contribution in [0.1, 0.15) is 96.8 Å². The summed E-state index contributed by atoms with van der Waals surface area (Å²) in [5.74, 6) is 0.984. The van der Waals surface area contributed by atoms with Gasteiger partial charge < -0.3 is 9.80 Å². The Bertz CT molecular complexity index is 423. The van der Waals surface area contributed by atoms with Crippen molar-refractivity contribution < 1.29 is 4.79 Å². The van der Waals surface area contributed by atoms with Gasteiger partial charge >= 0.3 is 0 Å². The van der Waals surface area contributed by atoms with Crippen molar-refractivity contribution in [2.75, 3.05) is 40.3 Å². The smallest absolute Gasteiger partial charge is 0.136 e. The Hall–Kier alpha value is -0.410. The van der Waals surface area contributed by atoms with E-state index < -0.39 is 0 Å². The molecule has 1 saturated heterocycles. The van der Waals surface area contributed by atoms with E-state index in [-0.39, 0.29) is 0 Å². The second kappa shape index (κ2) is 12.2. The number of rotatable bonds is 13. The first-order valence-corrected chi connectivity index (χ1v) is 11.9. The van der Waals surface area contributed by atoms with Crippen molar-refractivity contribution in [1.82, 2.24) is 9.80 Å². The Morgan fingerprint density at radius 1 is 1.00 bits per heavy atom. The van der Waals surface area contributed by atoms with Crippen LogP contribution in [-0.4, -0.2) is 55.9 Å². The molecule has 27 heavy (non-hydrogen) atoms. The number of carbonyl (C=O) groups excluding carboxylic acids is 1. The van der Waals surface area contributed by atoms with E-state index in [1.54, 1.807) is 0 Å². The molecule has 1 spiro atoms. The van der Waals surface area contributed by atoms with Crippen molar-refractivity contribution >= 4 is 5.78 Å². The van der Waals surface area contributed by atoms with Gasteiger partial charge in [-0.05, 0) is 71.2 Å². The first kappa shape index (κ1) is 22.9. The van der Waals surface area contributed by atoms with Crippen LogP contribution >= 0.6 is 0 Å². The van der Waals surface area contributed by atoms with E-state index in [4.69, 9.17) is 0 Å². The molecule has 0 radical (unpaired) electrons. The summed E-state index contributed by atoms with van der Waals surface area (Å²) in [6.45, 7) is 7.04. The van der Waals surface area contributed by atoms with Crippen LogP contribution in [0.4, 0.5) is 0 Å². The zero-order chi connectivity index (χ0) is 19.5. The van der Waals surface area contributed by atoms with Crippen LogP contribution in [0.5, 0.6) is 0 Å². The molecule has 2 rings (SSSR count). The van der Waals surface area contributed by atoms with Gasteiger partial charge in [0.2, 0.25) is 0 Å². The Balaban J connectivity index is 1.58. The van der Waals surface area contributed by atoms with Crippen LogP contribution in [0.3, 0.4) is 0 Å². The molecule has 1 aliphatic heterocycles. The third-order valence-electron chi connectivity index (χ3n) is 7.03. The molecule has 0 amide bonds. The number of hydrogen-bond acceptors (Lipinski definition) is 3. The predicted octanol–water partition coefficient (Wildman–Crippen LogP) is 5.53. The molecule has 2 fully saturated rings. The number of unbranched alkanes of at least 4 members (excludes halogenated alkanes) is 7. The summed E-state index contributed by atoms with van der Waals surface area (Å²) < 4.78 is 0. The monoisotopic (exact) mass is 378 g/mol. The number of nitrogens with zero attached hydrogens (tertiary/aromatic N) is 2. The average molecular weight is 379 g/mol. The molecular weight excluding hydrogens is 332 g/mol. The van der Waals surface area contributed by atoms with Crippen LogP contribution in [0, 0.1) is 11.3 Å². The van der Waals surface area contributed by atoms with Crippen molar-refractivity contribution in [3.8, 4) is 0 Å². The Morgan fingerprint density at radius 3 is 2.37 bits per heavy atom. The molecule has 2 aliphatic rings. The average Bonchev–Trinajstić information content (AvgIpc) is 3.01. The van der Waals surface area contributed by atoms with Crippen molar-refractivity contribution in [1.29, 1.82) is 0 Å². The number of Topliss-reactive ketones (excluding diaryl/α,β-unsaturated/α-hetero) is 1. The van der Waals surface area contributed by atoms with E-state index in [9.17, 15) is 4.79 Å². The Labute approximate surface area is 169 Å². The highest BCUT2D eigenvalue weighted by atomic mass is 16.1. The van der Waals surface area contributed by atoms with Gasteiger partial charge in [0.25, 0.3) is 0 Å². The number of ketones is 1. The van der Waals surface area contributed by atoms with Crippen molar-refractivity contribution in [3.63, 3.8) is 0 Å². The summed E-state index contributed by atoms with van der Waals surface area (Å²) in [5.41, 5.74) is 0.338. The summed E-state index contributed by atoms with van der Waals surface area (Å²) >= 11 is 0. The van der Waals surface area contributed by atoms with Crippen LogP contribution in [-0.2, 0) is 4.79 Å². The molecule has 0 bridgehead atoms. The highest BCUT2D eigenvalue weighted by Crippen LogP contribution is 2.45. The van der Waals surface area contributed by atoms with E-state index in [0.29, 0.717) is 17.1 Å². The summed E-state index contributed by atoms with van der Waals surface area (Å²) in [4.78, 5) is 17.7. The molecule has 0 aromatic carbocycles. The van der Waals surface area contributed by atoms with Gasteiger partial charge in [0, 0.05) is 18.9 Å². The minimum atomic E-state index is 0.338. The Morgan fingerprint density at radius 2 is 1.70 bits per heavy atom. The van der Waals surface area contributed by atoms with Crippen molar-refractivity contribution in [2.24, 2.45) is 11.3 Å². The molecule has 158 valence electrons. The SMILES string of the molecule is CCCCCCCCCCC1CCC2(CCN(CCCN(C)C)C2)CC1=O. The van der Waals surface area contributed by atoms with E-state index in [1.165, 1.54) is 103 Å². The van der Waals surface area contributed by atoms with Gasteiger partial charge in [-0.1, -0.05) is 58.3 Å². The second-order valence-corrected chi connectivity index (χ2v) is 9.83. The fourth-order valence-electron chi connectivity index (χ4n) is 5.25. The maximum atomic E-state index is 12.8.